The van der Waals surface area contributed by atoms with Gasteiger partial charge in [-0.25, -0.2) is 0 Å². The van der Waals surface area contributed by atoms with Crippen LogP contribution in [0.3, 0.4) is 0 Å². The second kappa shape index (κ2) is 7.77. The third-order valence-electron chi connectivity index (χ3n) is 4.98. The third kappa shape index (κ3) is 4.57. The Morgan fingerprint density at radius 3 is 2.82 bits per heavy atom. The Hall–Kier alpha value is -1.36. The predicted molar refractivity (Wildman–Crippen MR) is 86.4 cm³/mol. The highest BCUT2D eigenvalue weighted by molar-refractivity contribution is 5.75. The average molecular weight is 304 g/mol. The molecule has 0 bridgehead atoms. The first-order valence-corrected chi connectivity index (χ1v) is 8.79. The Balaban J connectivity index is 1.42. The molecule has 1 N–H and O–H groups in total. The van der Waals surface area contributed by atoms with Gasteiger partial charge in [-0.1, -0.05) is 19.3 Å². The number of nitrogens with zero attached hydrogens (tertiary/aromatic N) is 3. The van der Waals surface area contributed by atoms with E-state index in [2.05, 4.69) is 15.3 Å². The molecule has 22 heavy (non-hydrogen) atoms. The molecule has 5 nitrogen and oxygen atoms in total. The first-order chi connectivity index (χ1) is 10.8. The molecule has 2 aliphatic rings. The number of likely N-dealkylation sites (tertiary alicyclic amines) is 1. The molecular weight excluding hydrogens is 276 g/mol. The lowest BCUT2D eigenvalue weighted by atomic mass is 9.88. The number of hydrogen-bond donors (Lipinski definition) is 1. The highest BCUT2D eigenvalue weighted by atomic mass is 16.2. The molecule has 1 atom stereocenters. The van der Waals surface area contributed by atoms with E-state index in [-0.39, 0.29) is 5.91 Å². The van der Waals surface area contributed by atoms with Crippen molar-refractivity contribution >= 4 is 5.91 Å². The minimum atomic E-state index is 0.0771. The van der Waals surface area contributed by atoms with Gasteiger partial charge < -0.3 is 10.2 Å². The number of piperidine rings is 1. The molecule has 1 aromatic rings. The van der Waals surface area contributed by atoms with Crippen LogP contribution in [0.1, 0.15) is 44.9 Å². The van der Waals surface area contributed by atoms with E-state index >= 15 is 0 Å². The fourth-order valence-corrected chi connectivity index (χ4v) is 3.89. The molecule has 0 aromatic carbocycles. The number of rotatable bonds is 5. The maximum absolute atomic E-state index is 12.1. The summed E-state index contributed by atoms with van der Waals surface area (Å²) in [5, 5.41) is 7.27. The smallest absolute Gasteiger partial charge is 0.241 e. The number of carbonyl (C=O) groups is 1. The molecule has 122 valence electrons. The summed E-state index contributed by atoms with van der Waals surface area (Å²) >= 11 is 0. The summed E-state index contributed by atoms with van der Waals surface area (Å²) in [6.07, 6.45) is 12.9. The van der Waals surface area contributed by atoms with Crippen molar-refractivity contribution in [1.29, 1.82) is 0 Å². The van der Waals surface area contributed by atoms with Crippen LogP contribution in [0, 0.1) is 5.92 Å². The molecule has 2 heterocycles. The maximum Gasteiger partial charge on any atom is 0.241 e. The van der Waals surface area contributed by atoms with Gasteiger partial charge in [-0.2, -0.15) is 5.10 Å². The molecule has 1 aromatic heterocycles. The van der Waals surface area contributed by atoms with E-state index in [0.29, 0.717) is 12.6 Å². The quantitative estimate of drug-likeness (QED) is 0.906. The zero-order valence-corrected chi connectivity index (χ0v) is 13.4. The van der Waals surface area contributed by atoms with Crippen molar-refractivity contribution < 1.29 is 4.79 Å². The SMILES string of the molecule is O=C(Cn1cccn1)NC1CCCN(CC2CCCCC2)C1. The van der Waals surface area contributed by atoms with Gasteiger partial charge in [0.05, 0.1) is 0 Å². The fourth-order valence-electron chi connectivity index (χ4n) is 3.89. The molecule has 1 amide bonds. The predicted octanol–water partition coefficient (Wildman–Crippen LogP) is 2.04. The van der Waals surface area contributed by atoms with Crippen LogP contribution in [0.5, 0.6) is 0 Å². The van der Waals surface area contributed by atoms with Crippen LogP contribution in [0.25, 0.3) is 0 Å². The zero-order chi connectivity index (χ0) is 15.2. The van der Waals surface area contributed by atoms with E-state index in [1.807, 2.05) is 12.3 Å². The van der Waals surface area contributed by atoms with E-state index in [9.17, 15) is 4.79 Å². The minimum absolute atomic E-state index is 0.0771. The van der Waals surface area contributed by atoms with Crippen LogP contribution in [-0.2, 0) is 11.3 Å². The second-order valence-corrected chi connectivity index (χ2v) is 6.87. The van der Waals surface area contributed by atoms with E-state index < -0.39 is 0 Å². The van der Waals surface area contributed by atoms with Gasteiger partial charge in [0.15, 0.2) is 0 Å². The monoisotopic (exact) mass is 304 g/mol. The molecule has 0 spiro atoms. The Morgan fingerprint density at radius 1 is 1.18 bits per heavy atom. The average Bonchev–Trinajstić information content (AvgIpc) is 3.01. The molecule has 0 radical (unpaired) electrons. The summed E-state index contributed by atoms with van der Waals surface area (Å²) in [5.74, 6) is 0.959. The highest BCUT2D eigenvalue weighted by Crippen LogP contribution is 2.25. The summed E-state index contributed by atoms with van der Waals surface area (Å²) in [6.45, 7) is 3.76. The number of amides is 1. The summed E-state index contributed by atoms with van der Waals surface area (Å²) < 4.78 is 1.68. The first-order valence-electron chi connectivity index (χ1n) is 8.79. The van der Waals surface area contributed by atoms with E-state index in [1.165, 1.54) is 51.6 Å². The van der Waals surface area contributed by atoms with Crippen molar-refractivity contribution in [1.82, 2.24) is 20.0 Å². The van der Waals surface area contributed by atoms with Crippen LogP contribution in [0.4, 0.5) is 0 Å². The Morgan fingerprint density at radius 2 is 2.05 bits per heavy atom. The minimum Gasteiger partial charge on any atom is -0.350 e. The molecule has 2 fully saturated rings. The van der Waals surface area contributed by atoms with Gasteiger partial charge >= 0.3 is 0 Å². The summed E-state index contributed by atoms with van der Waals surface area (Å²) in [4.78, 5) is 14.7. The summed E-state index contributed by atoms with van der Waals surface area (Å²) in [6, 6.07) is 2.15. The van der Waals surface area contributed by atoms with Crippen molar-refractivity contribution in [3.8, 4) is 0 Å². The lowest BCUT2D eigenvalue weighted by Gasteiger charge is -2.36. The lowest BCUT2D eigenvalue weighted by molar-refractivity contribution is -0.122. The van der Waals surface area contributed by atoms with Crippen molar-refractivity contribution in [2.75, 3.05) is 19.6 Å². The van der Waals surface area contributed by atoms with E-state index in [4.69, 9.17) is 0 Å². The van der Waals surface area contributed by atoms with Crippen molar-refractivity contribution in [3.05, 3.63) is 18.5 Å². The number of hydrogen-bond acceptors (Lipinski definition) is 3. The second-order valence-electron chi connectivity index (χ2n) is 6.87. The topological polar surface area (TPSA) is 50.2 Å². The number of carbonyl (C=O) groups excluding carboxylic acids is 1. The molecule has 5 heteroatoms. The molecule has 1 aliphatic heterocycles. The van der Waals surface area contributed by atoms with E-state index in [0.717, 1.165) is 18.9 Å². The first kappa shape index (κ1) is 15.5. The third-order valence-corrected chi connectivity index (χ3v) is 4.98. The Kier molecular flexibility index (Phi) is 5.48. The van der Waals surface area contributed by atoms with Crippen molar-refractivity contribution in [2.24, 2.45) is 5.92 Å². The zero-order valence-electron chi connectivity index (χ0n) is 13.4. The van der Waals surface area contributed by atoms with Crippen LogP contribution in [0.15, 0.2) is 18.5 Å². The molecule has 1 aliphatic carbocycles. The van der Waals surface area contributed by atoms with Crippen LogP contribution in [0.2, 0.25) is 0 Å². The normalized spacial score (nSPS) is 24.3. The van der Waals surface area contributed by atoms with Gasteiger partial charge in [0.1, 0.15) is 6.54 Å². The van der Waals surface area contributed by atoms with Gasteiger partial charge in [-0.3, -0.25) is 9.48 Å². The van der Waals surface area contributed by atoms with Crippen LogP contribution >= 0.6 is 0 Å². The van der Waals surface area contributed by atoms with Crippen LogP contribution < -0.4 is 5.32 Å². The Labute approximate surface area is 133 Å². The summed E-state index contributed by atoms with van der Waals surface area (Å²) in [7, 11) is 0. The number of nitrogens with one attached hydrogen (secondary N) is 1. The van der Waals surface area contributed by atoms with Gasteiger partial charge in [0, 0.05) is 31.5 Å². The van der Waals surface area contributed by atoms with Gasteiger partial charge in [0.2, 0.25) is 5.91 Å². The molecular formula is C17H28N4O. The van der Waals surface area contributed by atoms with Crippen molar-refractivity contribution in [2.45, 2.75) is 57.5 Å². The Bertz CT molecular complexity index is 453. The molecule has 1 saturated carbocycles. The maximum atomic E-state index is 12.1. The fraction of sp³-hybridized carbons (Fsp3) is 0.765. The van der Waals surface area contributed by atoms with Gasteiger partial charge in [0.25, 0.3) is 0 Å². The molecule has 3 rings (SSSR count). The highest BCUT2D eigenvalue weighted by Gasteiger charge is 2.24. The van der Waals surface area contributed by atoms with Crippen molar-refractivity contribution in [3.63, 3.8) is 0 Å². The van der Waals surface area contributed by atoms with Gasteiger partial charge in [-0.05, 0) is 44.2 Å². The van der Waals surface area contributed by atoms with Gasteiger partial charge in [-0.15, -0.1) is 0 Å². The standard InChI is InChI=1S/C17H28N4O/c22-17(14-21-11-5-9-18-21)19-16-8-4-10-20(13-16)12-15-6-2-1-3-7-15/h5,9,11,15-16H,1-4,6-8,10,12-14H2,(H,19,22). The molecule has 1 saturated heterocycles. The number of aromatic nitrogens is 2. The lowest BCUT2D eigenvalue weighted by Crippen LogP contribution is -2.49. The largest absolute Gasteiger partial charge is 0.350 e. The van der Waals surface area contributed by atoms with E-state index in [1.54, 1.807) is 10.9 Å². The van der Waals surface area contributed by atoms with Crippen LogP contribution in [-0.4, -0.2) is 46.3 Å². The summed E-state index contributed by atoms with van der Waals surface area (Å²) in [5.41, 5.74) is 0. The molecule has 1 unspecified atom stereocenters.